The number of rotatable bonds is 8. The molecule has 1 N–H and O–H groups in total. The van der Waals surface area contributed by atoms with E-state index in [-0.39, 0.29) is 17.2 Å². The van der Waals surface area contributed by atoms with E-state index in [9.17, 15) is 14.0 Å². The molecular weight excluding hydrogens is 457 g/mol. The van der Waals surface area contributed by atoms with Gasteiger partial charge in [-0.3, -0.25) is 14.2 Å². The van der Waals surface area contributed by atoms with Gasteiger partial charge in [0.05, 0.1) is 36.6 Å². The number of fused-ring (bicyclic) bond motifs is 1. The molecule has 1 heterocycles. The molecule has 0 saturated carbocycles. The highest BCUT2D eigenvalue weighted by Crippen LogP contribution is 2.27. The number of nitrogens with one attached hydrogen (secondary N) is 1. The lowest BCUT2D eigenvalue weighted by molar-refractivity contribution is -0.118. The van der Waals surface area contributed by atoms with Crippen LogP contribution in [0, 0.1) is 5.82 Å². The maximum absolute atomic E-state index is 13.4. The maximum Gasteiger partial charge on any atom is 0.266 e. The van der Waals surface area contributed by atoms with Crippen LogP contribution in [-0.2, 0) is 11.3 Å². The van der Waals surface area contributed by atoms with Crippen molar-refractivity contribution in [3.8, 4) is 17.2 Å². The second-order valence-electron chi connectivity index (χ2n) is 7.28. The Labute approximate surface area is 199 Å². The van der Waals surface area contributed by atoms with Crippen LogP contribution in [0.15, 0.2) is 76.7 Å². The van der Waals surface area contributed by atoms with E-state index < -0.39 is 5.82 Å². The summed E-state index contributed by atoms with van der Waals surface area (Å²) in [6.07, 6.45) is 0. The van der Waals surface area contributed by atoms with E-state index in [0.29, 0.717) is 39.8 Å². The Kier molecular flexibility index (Phi) is 7.12. The summed E-state index contributed by atoms with van der Waals surface area (Å²) in [7, 11) is 3.11. The fourth-order valence-electron chi connectivity index (χ4n) is 3.40. The van der Waals surface area contributed by atoms with Gasteiger partial charge >= 0.3 is 0 Å². The zero-order valence-corrected chi connectivity index (χ0v) is 19.4. The predicted molar refractivity (Wildman–Crippen MR) is 129 cm³/mol. The second-order valence-corrected chi connectivity index (χ2v) is 8.23. The van der Waals surface area contributed by atoms with Crippen LogP contribution >= 0.6 is 11.8 Å². The summed E-state index contributed by atoms with van der Waals surface area (Å²) in [6, 6.07) is 18.0. The summed E-state index contributed by atoms with van der Waals surface area (Å²) in [5.41, 5.74) is 1.56. The van der Waals surface area contributed by atoms with Crippen LogP contribution in [0.4, 0.5) is 4.39 Å². The number of carbonyl (C=O) groups excluding carboxylic acids is 1. The van der Waals surface area contributed by atoms with Gasteiger partial charge in [-0.15, -0.1) is 0 Å². The molecule has 34 heavy (non-hydrogen) atoms. The lowest BCUT2D eigenvalue weighted by atomic mass is 10.2. The van der Waals surface area contributed by atoms with E-state index in [4.69, 9.17) is 9.47 Å². The topological polar surface area (TPSA) is 82.5 Å². The van der Waals surface area contributed by atoms with Crippen molar-refractivity contribution in [3.05, 3.63) is 88.5 Å². The number of aromatic nitrogens is 2. The molecule has 0 aliphatic heterocycles. The smallest absolute Gasteiger partial charge is 0.266 e. The lowest BCUT2D eigenvalue weighted by Gasteiger charge is -2.13. The van der Waals surface area contributed by atoms with E-state index in [2.05, 4.69) is 10.3 Å². The molecule has 0 spiro atoms. The third-order valence-electron chi connectivity index (χ3n) is 5.10. The Balaban J connectivity index is 1.53. The first-order chi connectivity index (χ1) is 16.5. The zero-order chi connectivity index (χ0) is 24.1. The Morgan fingerprint density at radius 3 is 2.50 bits per heavy atom. The Bertz CT molecular complexity index is 1390. The highest BCUT2D eigenvalue weighted by molar-refractivity contribution is 7.99. The summed E-state index contributed by atoms with van der Waals surface area (Å²) >= 11 is 1.13. The molecular formula is C25H22FN3O4S. The summed E-state index contributed by atoms with van der Waals surface area (Å²) in [5, 5.41) is 3.64. The number of ether oxygens (including phenoxy) is 2. The molecule has 0 aliphatic rings. The molecule has 0 aliphatic carbocycles. The number of thioether (sulfide) groups is 1. The summed E-state index contributed by atoms with van der Waals surface area (Å²) in [4.78, 5) is 30.3. The lowest BCUT2D eigenvalue weighted by Crippen LogP contribution is -2.26. The first-order valence-electron chi connectivity index (χ1n) is 10.4. The predicted octanol–water partition coefficient (Wildman–Crippen LogP) is 3.95. The van der Waals surface area contributed by atoms with Gasteiger partial charge in [-0.25, -0.2) is 9.37 Å². The van der Waals surface area contributed by atoms with Crippen LogP contribution in [-0.4, -0.2) is 35.4 Å². The second kappa shape index (κ2) is 10.4. The third kappa shape index (κ3) is 5.04. The van der Waals surface area contributed by atoms with Gasteiger partial charge < -0.3 is 14.8 Å². The van der Waals surface area contributed by atoms with Crippen LogP contribution in [0.25, 0.3) is 16.6 Å². The minimum Gasteiger partial charge on any atom is -0.493 e. The van der Waals surface area contributed by atoms with Crippen molar-refractivity contribution in [2.45, 2.75) is 11.7 Å². The molecule has 0 bridgehead atoms. The molecule has 3 aromatic carbocycles. The van der Waals surface area contributed by atoms with Crippen molar-refractivity contribution in [3.63, 3.8) is 0 Å². The number of para-hydroxylation sites is 1. The van der Waals surface area contributed by atoms with E-state index in [1.807, 2.05) is 6.07 Å². The first-order valence-corrected chi connectivity index (χ1v) is 11.4. The number of nitrogens with zero attached hydrogens (tertiary/aromatic N) is 2. The van der Waals surface area contributed by atoms with Crippen LogP contribution < -0.4 is 20.3 Å². The Hall–Kier alpha value is -3.85. The Morgan fingerprint density at radius 1 is 1.03 bits per heavy atom. The number of benzene rings is 3. The molecule has 1 aromatic heterocycles. The van der Waals surface area contributed by atoms with Gasteiger partial charge in [-0.2, -0.15) is 0 Å². The number of halogens is 1. The molecule has 4 rings (SSSR count). The molecule has 4 aromatic rings. The van der Waals surface area contributed by atoms with Gasteiger partial charge in [0.2, 0.25) is 5.91 Å². The minimum atomic E-state index is -0.408. The largest absolute Gasteiger partial charge is 0.493 e. The fraction of sp³-hybridized carbons (Fsp3) is 0.160. The maximum atomic E-state index is 13.4. The van der Waals surface area contributed by atoms with Crippen LogP contribution in [0.3, 0.4) is 0 Å². The van der Waals surface area contributed by atoms with Crippen molar-refractivity contribution in [2.24, 2.45) is 0 Å². The van der Waals surface area contributed by atoms with Crippen molar-refractivity contribution >= 4 is 28.6 Å². The van der Waals surface area contributed by atoms with E-state index in [0.717, 1.165) is 17.3 Å². The average Bonchev–Trinajstić information content (AvgIpc) is 2.87. The molecule has 0 fully saturated rings. The summed E-state index contributed by atoms with van der Waals surface area (Å²) in [6.45, 7) is 0.301. The molecule has 0 saturated heterocycles. The number of hydrogen-bond acceptors (Lipinski definition) is 6. The number of methoxy groups -OCH3 is 2. The normalized spacial score (nSPS) is 10.8. The standard InChI is InChI=1S/C25H22FN3O4S/c1-32-21-12-7-16(13-22(21)33-2)14-27-23(30)15-34-25-28-20-6-4-3-5-19(20)24(31)29(25)18-10-8-17(26)9-11-18/h3-13H,14-15H2,1-2H3,(H,27,30). The molecule has 9 heteroatoms. The highest BCUT2D eigenvalue weighted by Gasteiger charge is 2.15. The molecule has 0 unspecified atom stereocenters. The monoisotopic (exact) mass is 479 g/mol. The van der Waals surface area contributed by atoms with E-state index >= 15 is 0 Å². The van der Waals surface area contributed by atoms with Gasteiger partial charge in [0.25, 0.3) is 5.56 Å². The van der Waals surface area contributed by atoms with Gasteiger partial charge in [0, 0.05) is 6.54 Å². The SMILES string of the molecule is COc1ccc(CNC(=O)CSc2nc3ccccc3c(=O)n2-c2ccc(F)cc2)cc1OC. The van der Waals surface area contributed by atoms with E-state index in [1.165, 1.54) is 28.8 Å². The number of hydrogen-bond donors (Lipinski definition) is 1. The van der Waals surface area contributed by atoms with Gasteiger partial charge in [-0.1, -0.05) is 30.0 Å². The van der Waals surface area contributed by atoms with Crippen molar-refractivity contribution in [1.82, 2.24) is 14.9 Å². The van der Waals surface area contributed by atoms with Crippen molar-refractivity contribution in [2.75, 3.05) is 20.0 Å². The molecule has 174 valence electrons. The molecule has 1 amide bonds. The average molecular weight is 480 g/mol. The molecule has 7 nitrogen and oxygen atoms in total. The summed E-state index contributed by atoms with van der Waals surface area (Å²) in [5.74, 6) is 0.586. The van der Waals surface area contributed by atoms with Crippen molar-refractivity contribution in [1.29, 1.82) is 0 Å². The first kappa shape index (κ1) is 23.3. The fourth-order valence-corrected chi connectivity index (χ4v) is 4.24. The molecule has 0 atom stereocenters. The minimum absolute atomic E-state index is 0.0409. The number of carbonyl (C=O) groups is 1. The van der Waals surface area contributed by atoms with E-state index in [1.54, 1.807) is 50.6 Å². The Morgan fingerprint density at radius 2 is 1.76 bits per heavy atom. The van der Waals surface area contributed by atoms with Crippen molar-refractivity contribution < 1.29 is 18.7 Å². The van der Waals surface area contributed by atoms with Gasteiger partial charge in [0.15, 0.2) is 16.7 Å². The van der Waals surface area contributed by atoms with Crippen LogP contribution in [0.2, 0.25) is 0 Å². The quantitative estimate of drug-likeness (QED) is 0.304. The number of amides is 1. The van der Waals surface area contributed by atoms with Gasteiger partial charge in [-0.05, 0) is 54.1 Å². The molecule has 0 radical (unpaired) electrons. The van der Waals surface area contributed by atoms with Crippen LogP contribution in [0.5, 0.6) is 11.5 Å². The highest BCUT2D eigenvalue weighted by atomic mass is 32.2. The third-order valence-corrected chi connectivity index (χ3v) is 6.04. The van der Waals surface area contributed by atoms with Crippen LogP contribution in [0.1, 0.15) is 5.56 Å². The zero-order valence-electron chi connectivity index (χ0n) is 18.6. The van der Waals surface area contributed by atoms with Gasteiger partial charge in [0.1, 0.15) is 5.82 Å². The summed E-state index contributed by atoms with van der Waals surface area (Å²) < 4.78 is 25.4.